The minimum Gasteiger partial charge on any atom is -0.370 e. The fourth-order valence-electron chi connectivity index (χ4n) is 0.975. The van der Waals surface area contributed by atoms with E-state index in [1.165, 1.54) is 0 Å². The van der Waals surface area contributed by atoms with Crippen molar-refractivity contribution in [3.05, 3.63) is 0 Å². The smallest absolute Gasteiger partial charge is 0.191 e. The van der Waals surface area contributed by atoms with Gasteiger partial charge in [-0.05, 0) is 7.05 Å². The Bertz CT molecular complexity index is 185. The topological polar surface area (TPSA) is 77.5 Å². The van der Waals surface area contributed by atoms with Gasteiger partial charge in [-0.15, -0.1) is 0 Å². The Morgan fingerprint density at radius 2 is 2.55 bits per heavy atom. The predicted octanol–water partition coefficient (Wildman–Crippen LogP) is -1.19. The summed E-state index contributed by atoms with van der Waals surface area (Å²) in [4.78, 5) is 6.29. The highest BCUT2D eigenvalue weighted by molar-refractivity contribution is 5.98. The molecule has 1 heterocycles. The second-order valence-corrected chi connectivity index (χ2v) is 2.60. The maximum atomic E-state index is 6.96. The summed E-state index contributed by atoms with van der Waals surface area (Å²) in [7, 11) is 2.01. The van der Waals surface area contributed by atoms with Gasteiger partial charge in [0.05, 0.1) is 13.1 Å². The normalized spacial score (nSPS) is 19.2. The number of amidine groups is 1. The zero-order valence-electron chi connectivity index (χ0n) is 6.59. The van der Waals surface area contributed by atoms with Gasteiger partial charge in [-0.25, -0.2) is 0 Å². The average molecular weight is 155 g/mol. The summed E-state index contributed by atoms with van der Waals surface area (Å²) in [6, 6.07) is 0. The van der Waals surface area contributed by atoms with Crippen molar-refractivity contribution < 1.29 is 0 Å². The fourth-order valence-corrected chi connectivity index (χ4v) is 0.975. The van der Waals surface area contributed by atoms with E-state index in [2.05, 4.69) is 15.2 Å². The lowest BCUT2D eigenvalue weighted by atomic mass is 10.4. The number of likely N-dealkylation sites (N-methyl/N-ethyl adjacent to an activating group) is 1. The Hall–Kier alpha value is -1.10. The SMILES string of the molecule is CN1CCN=C(NC(=N)N)C1. The van der Waals surface area contributed by atoms with Crippen LogP contribution in [0.3, 0.4) is 0 Å². The summed E-state index contributed by atoms with van der Waals surface area (Å²) in [6.07, 6.45) is 0. The first-order valence-electron chi connectivity index (χ1n) is 3.51. The second kappa shape index (κ2) is 3.34. The number of rotatable bonds is 0. The highest BCUT2D eigenvalue weighted by atomic mass is 15.2. The molecule has 0 unspecified atom stereocenters. The van der Waals surface area contributed by atoms with E-state index < -0.39 is 0 Å². The average Bonchev–Trinajstić information content (AvgIpc) is 1.85. The summed E-state index contributed by atoms with van der Waals surface area (Å²) in [5, 5.41) is 9.65. The molecule has 1 aliphatic heterocycles. The molecule has 1 aliphatic rings. The number of guanidine groups is 1. The Balaban J connectivity index is 2.44. The van der Waals surface area contributed by atoms with Gasteiger partial charge in [0.2, 0.25) is 0 Å². The molecular weight excluding hydrogens is 142 g/mol. The molecule has 0 spiro atoms. The lowest BCUT2D eigenvalue weighted by Crippen LogP contribution is -2.45. The van der Waals surface area contributed by atoms with Crippen molar-refractivity contribution in [3.8, 4) is 0 Å². The Morgan fingerprint density at radius 1 is 1.82 bits per heavy atom. The summed E-state index contributed by atoms with van der Waals surface area (Å²) in [6.45, 7) is 2.51. The van der Waals surface area contributed by atoms with Crippen molar-refractivity contribution in [1.29, 1.82) is 5.41 Å². The standard InChI is InChI=1S/C6H13N5/c1-11-3-2-9-5(4-11)10-6(7)8/h2-4H2,1H3,(H4,7,8,9,10). The first-order chi connectivity index (χ1) is 5.18. The van der Waals surface area contributed by atoms with Crippen LogP contribution >= 0.6 is 0 Å². The predicted molar refractivity (Wildman–Crippen MR) is 44.8 cm³/mol. The molecule has 0 fully saturated rings. The largest absolute Gasteiger partial charge is 0.370 e. The molecule has 5 heteroatoms. The third kappa shape index (κ3) is 2.55. The van der Waals surface area contributed by atoms with Crippen LogP contribution in [0, 0.1) is 5.41 Å². The van der Waals surface area contributed by atoms with E-state index in [4.69, 9.17) is 11.1 Å². The number of nitrogens with one attached hydrogen (secondary N) is 2. The molecule has 0 saturated heterocycles. The van der Waals surface area contributed by atoms with E-state index in [9.17, 15) is 0 Å². The Morgan fingerprint density at radius 3 is 3.09 bits per heavy atom. The first kappa shape index (κ1) is 8.00. The molecule has 0 aromatic rings. The van der Waals surface area contributed by atoms with Crippen LogP contribution in [0.15, 0.2) is 4.99 Å². The van der Waals surface area contributed by atoms with Gasteiger partial charge in [0, 0.05) is 6.54 Å². The highest BCUT2D eigenvalue weighted by Gasteiger charge is 2.09. The van der Waals surface area contributed by atoms with Crippen molar-refractivity contribution in [2.45, 2.75) is 0 Å². The third-order valence-electron chi connectivity index (χ3n) is 1.48. The lowest BCUT2D eigenvalue weighted by molar-refractivity contribution is 0.375. The van der Waals surface area contributed by atoms with E-state index in [0.29, 0.717) is 0 Å². The fraction of sp³-hybridized carbons (Fsp3) is 0.667. The van der Waals surface area contributed by atoms with Gasteiger partial charge in [-0.1, -0.05) is 0 Å². The van der Waals surface area contributed by atoms with Crippen LogP contribution in [-0.4, -0.2) is 43.4 Å². The second-order valence-electron chi connectivity index (χ2n) is 2.60. The van der Waals surface area contributed by atoms with E-state index in [0.717, 1.165) is 25.5 Å². The van der Waals surface area contributed by atoms with Crippen molar-refractivity contribution in [1.82, 2.24) is 10.2 Å². The zero-order chi connectivity index (χ0) is 8.27. The Labute approximate surface area is 65.8 Å². The lowest BCUT2D eigenvalue weighted by Gasteiger charge is -2.21. The molecule has 0 saturated carbocycles. The molecule has 0 bridgehead atoms. The third-order valence-corrected chi connectivity index (χ3v) is 1.48. The molecule has 0 amide bonds. The van der Waals surface area contributed by atoms with E-state index in [1.807, 2.05) is 7.05 Å². The molecule has 62 valence electrons. The van der Waals surface area contributed by atoms with E-state index >= 15 is 0 Å². The van der Waals surface area contributed by atoms with Gasteiger partial charge >= 0.3 is 0 Å². The van der Waals surface area contributed by atoms with Crippen molar-refractivity contribution in [2.24, 2.45) is 10.7 Å². The van der Waals surface area contributed by atoms with Crippen molar-refractivity contribution in [2.75, 3.05) is 26.7 Å². The molecule has 5 nitrogen and oxygen atoms in total. The number of nitrogens with zero attached hydrogens (tertiary/aromatic N) is 2. The van der Waals surface area contributed by atoms with Crippen LogP contribution < -0.4 is 11.1 Å². The zero-order valence-corrected chi connectivity index (χ0v) is 6.59. The van der Waals surface area contributed by atoms with Crippen molar-refractivity contribution in [3.63, 3.8) is 0 Å². The molecular formula is C6H13N5. The van der Waals surface area contributed by atoms with Gasteiger partial charge in [-0.2, -0.15) is 0 Å². The summed E-state index contributed by atoms with van der Waals surface area (Å²) < 4.78 is 0. The quantitative estimate of drug-likeness (QED) is 0.304. The monoisotopic (exact) mass is 155 g/mol. The highest BCUT2D eigenvalue weighted by Crippen LogP contribution is 1.91. The van der Waals surface area contributed by atoms with Crippen LogP contribution in [0.25, 0.3) is 0 Å². The van der Waals surface area contributed by atoms with Gasteiger partial charge in [0.1, 0.15) is 5.84 Å². The molecule has 0 aromatic heterocycles. The molecule has 0 atom stereocenters. The van der Waals surface area contributed by atoms with Crippen LogP contribution in [0.4, 0.5) is 0 Å². The van der Waals surface area contributed by atoms with Crippen molar-refractivity contribution >= 4 is 11.8 Å². The molecule has 11 heavy (non-hydrogen) atoms. The van der Waals surface area contributed by atoms with Gasteiger partial charge in [-0.3, -0.25) is 15.3 Å². The first-order valence-corrected chi connectivity index (χ1v) is 3.51. The molecule has 0 radical (unpaired) electrons. The van der Waals surface area contributed by atoms with Gasteiger partial charge in [0.15, 0.2) is 5.96 Å². The molecule has 0 aliphatic carbocycles. The molecule has 1 rings (SSSR count). The molecule has 4 N–H and O–H groups in total. The van der Waals surface area contributed by atoms with Crippen LogP contribution in [0.5, 0.6) is 0 Å². The molecule has 0 aromatic carbocycles. The van der Waals surface area contributed by atoms with Crippen LogP contribution in [0.2, 0.25) is 0 Å². The number of nitrogens with two attached hydrogens (primary N) is 1. The minimum atomic E-state index is -0.0425. The minimum absolute atomic E-state index is 0.0425. The van der Waals surface area contributed by atoms with Gasteiger partial charge in [0.25, 0.3) is 0 Å². The summed E-state index contributed by atoms with van der Waals surface area (Å²) >= 11 is 0. The number of hydrogen-bond acceptors (Lipinski definition) is 3. The summed E-state index contributed by atoms with van der Waals surface area (Å²) in [5.74, 6) is 0.741. The van der Waals surface area contributed by atoms with Crippen LogP contribution in [-0.2, 0) is 0 Å². The van der Waals surface area contributed by atoms with E-state index in [-0.39, 0.29) is 5.96 Å². The van der Waals surface area contributed by atoms with E-state index in [1.54, 1.807) is 0 Å². The summed E-state index contributed by atoms with van der Waals surface area (Å²) in [5.41, 5.74) is 5.14. The Kier molecular flexibility index (Phi) is 2.43. The van der Waals surface area contributed by atoms with Crippen LogP contribution in [0.1, 0.15) is 0 Å². The maximum Gasteiger partial charge on any atom is 0.191 e. The van der Waals surface area contributed by atoms with Gasteiger partial charge < -0.3 is 11.1 Å². The number of aliphatic imine (C=N–C) groups is 1. The maximum absolute atomic E-state index is 6.96. The number of hydrogen-bond donors (Lipinski definition) is 3.